The molecule has 2 unspecified atom stereocenters. The van der Waals surface area contributed by atoms with Gasteiger partial charge in [-0.2, -0.15) is 11.8 Å². The predicted octanol–water partition coefficient (Wildman–Crippen LogP) is 2.96. The lowest BCUT2D eigenvalue weighted by Crippen LogP contribution is -2.37. The number of aliphatic carboxylic acids is 1. The number of hydrogen-bond acceptors (Lipinski definition) is 3. The Balaban J connectivity index is 2.09. The minimum atomic E-state index is -0.794. The molecule has 0 aromatic heterocycles. The van der Waals surface area contributed by atoms with Crippen molar-refractivity contribution in [3.05, 3.63) is 29.3 Å². The Hall–Kier alpha value is -0.870. The second-order valence-corrected chi connectivity index (χ2v) is 5.68. The van der Waals surface area contributed by atoms with E-state index in [1.54, 1.807) is 12.1 Å². The number of nitrogens with one attached hydrogen (secondary N) is 1. The summed E-state index contributed by atoms with van der Waals surface area (Å²) in [5.74, 6) is 1.35. The van der Waals surface area contributed by atoms with Crippen LogP contribution < -0.4 is 5.32 Å². The fourth-order valence-corrected chi connectivity index (χ4v) is 3.44. The average Bonchev–Trinajstić information content (AvgIpc) is 2.78. The highest BCUT2D eigenvalue weighted by molar-refractivity contribution is 7.99. The van der Waals surface area contributed by atoms with Gasteiger partial charge in [-0.05, 0) is 42.0 Å². The van der Waals surface area contributed by atoms with Gasteiger partial charge in [0.05, 0.1) is 0 Å². The van der Waals surface area contributed by atoms with Crippen molar-refractivity contribution < 1.29 is 9.90 Å². The van der Waals surface area contributed by atoms with E-state index in [2.05, 4.69) is 5.32 Å². The monoisotopic (exact) mass is 271 g/mol. The fraction of sp³-hybridized carbons (Fsp3) is 0.417. The molecule has 17 heavy (non-hydrogen) atoms. The van der Waals surface area contributed by atoms with Crippen LogP contribution in [0.3, 0.4) is 0 Å². The molecule has 0 radical (unpaired) electrons. The van der Waals surface area contributed by atoms with Gasteiger partial charge in [0.15, 0.2) is 0 Å². The Morgan fingerprint density at radius 3 is 3.00 bits per heavy atom. The first-order valence-electron chi connectivity index (χ1n) is 5.49. The maximum Gasteiger partial charge on any atom is 0.326 e. The SMILES string of the molecule is O=C(O)C(Nc1cccc(Cl)c1)C1CCSC1. The third-order valence-corrected chi connectivity index (χ3v) is 4.27. The quantitative estimate of drug-likeness (QED) is 0.884. The Morgan fingerprint density at radius 1 is 1.59 bits per heavy atom. The molecule has 92 valence electrons. The van der Waals surface area contributed by atoms with Crippen molar-refractivity contribution >= 4 is 35.0 Å². The lowest BCUT2D eigenvalue weighted by atomic mass is 9.99. The third kappa shape index (κ3) is 3.30. The number of rotatable bonds is 4. The van der Waals surface area contributed by atoms with Crippen LogP contribution in [0.4, 0.5) is 5.69 Å². The summed E-state index contributed by atoms with van der Waals surface area (Å²) in [6.07, 6.45) is 0.954. The van der Waals surface area contributed by atoms with Crippen LogP contribution in [0.5, 0.6) is 0 Å². The second-order valence-electron chi connectivity index (χ2n) is 4.09. The summed E-state index contributed by atoms with van der Waals surface area (Å²) < 4.78 is 0. The standard InChI is InChI=1S/C12H14ClNO2S/c13-9-2-1-3-10(6-9)14-11(12(15)16)8-4-5-17-7-8/h1-3,6,8,11,14H,4-5,7H2,(H,15,16). The molecule has 1 aromatic rings. The van der Waals surface area contributed by atoms with Gasteiger partial charge in [0, 0.05) is 10.7 Å². The predicted molar refractivity (Wildman–Crippen MR) is 71.9 cm³/mol. The fourth-order valence-electron chi connectivity index (χ4n) is 1.95. The van der Waals surface area contributed by atoms with Crippen LogP contribution in [0.25, 0.3) is 0 Å². The van der Waals surface area contributed by atoms with E-state index in [1.807, 2.05) is 23.9 Å². The van der Waals surface area contributed by atoms with Gasteiger partial charge in [0.25, 0.3) is 0 Å². The molecule has 0 spiro atoms. The molecule has 0 bridgehead atoms. The average molecular weight is 272 g/mol. The molecule has 1 saturated heterocycles. The van der Waals surface area contributed by atoms with Gasteiger partial charge >= 0.3 is 5.97 Å². The van der Waals surface area contributed by atoms with Gasteiger partial charge in [-0.3, -0.25) is 0 Å². The highest BCUT2D eigenvalue weighted by Gasteiger charge is 2.30. The van der Waals surface area contributed by atoms with Crippen molar-refractivity contribution in [3.63, 3.8) is 0 Å². The molecule has 1 aliphatic heterocycles. The van der Waals surface area contributed by atoms with E-state index < -0.39 is 12.0 Å². The van der Waals surface area contributed by atoms with Gasteiger partial charge in [-0.15, -0.1) is 0 Å². The van der Waals surface area contributed by atoms with E-state index in [4.69, 9.17) is 11.6 Å². The summed E-state index contributed by atoms with van der Waals surface area (Å²) >= 11 is 7.69. The minimum absolute atomic E-state index is 0.191. The summed E-state index contributed by atoms with van der Waals surface area (Å²) in [5, 5.41) is 12.9. The molecule has 2 N–H and O–H groups in total. The smallest absolute Gasteiger partial charge is 0.326 e. The van der Waals surface area contributed by atoms with Gasteiger partial charge < -0.3 is 10.4 Å². The zero-order valence-electron chi connectivity index (χ0n) is 9.23. The van der Waals surface area contributed by atoms with Gasteiger partial charge in [0.1, 0.15) is 6.04 Å². The van der Waals surface area contributed by atoms with Crippen LogP contribution in [0.15, 0.2) is 24.3 Å². The van der Waals surface area contributed by atoms with Crippen LogP contribution >= 0.6 is 23.4 Å². The summed E-state index contributed by atoms with van der Waals surface area (Å²) in [7, 11) is 0. The maximum absolute atomic E-state index is 11.3. The van der Waals surface area contributed by atoms with Gasteiger partial charge in [-0.25, -0.2) is 4.79 Å². The van der Waals surface area contributed by atoms with Crippen molar-refractivity contribution in [1.29, 1.82) is 0 Å². The summed E-state index contributed by atoms with van der Waals surface area (Å²) in [6, 6.07) is 6.65. The summed E-state index contributed by atoms with van der Waals surface area (Å²) in [4.78, 5) is 11.3. The lowest BCUT2D eigenvalue weighted by molar-refractivity contribution is -0.138. The van der Waals surface area contributed by atoms with Crippen LogP contribution in [-0.4, -0.2) is 28.6 Å². The highest BCUT2D eigenvalue weighted by atomic mass is 35.5. The molecule has 1 heterocycles. The molecule has 0 saturated carbocycles. The highest BCUT2D eigenvalue weighted by Crippen LogP contribution is 2.28. The Labute approximate surface area is 110 Å². The summed E-state index contributed by atoms with van der Waals surface area (Å²) in [5.41, 5.74) is 0.766. The number of benzene rings is 1. The van der Waals surface area contributed by atoms with E-state index in [9.17, 15) is 9.90 Å². The Kier molecular flexibility index (Phi) is 4.18. The molecular formula is C12H14ClNO2S. The zero-order valence-corrected chi connectivity index (χ0v) is 10.8. The third-order valence-electron chi connectivity index (χ3n) is 2.85. The molecule has 5 heteroatoms. The van der Waals surface area contributed by atoms with Crippen molar-refractivity contribution in [2.24, 2.45) is 5.92 Å². The summed E-state index contributed by atoms with van der Waals surface area (Å²) in [6.45, 7) is 0. The van der Waals surface area contributed by atoms with Gasteiger partial charge in [0.2, 0.25) is 0 Å². The minimum Gasteiger partial charge on any atom is -0.480 e. The maximum atomic E-state index is 11.3. The van der Waals surface area contributed by atoms with Crippen LogP contribution in [0.2, 0.25) is 5.02 Å². The number of halogens is 1. The van der Waals surface area contributed by atoms with Crippen molar-refractivity contribution in [2.45, 2.75) is 12.5 Å². The Morgan fingerprint density at radius 2 is 2.41 bits per heavy atom. The Bertz CT molecular complexity index is 407. The molecule has 3 nitrogen and oxygen atoms in total. The molecule has 2 rings (SSSR count). The van der Waals surface area contributed by atoms with Crippen LogP contribution in [0, 0.1) is 5.92 Å². The normalized spacial score (nSPS) is 21.1. The van der Waals surface area contributed by atoms with E-state index in [1.165, 1.54) is 0 Å². The number of carbonyl (C=O) groups is 1. The van der Waals surface area contributed by atoms with E-state index >= 15 is 0 Å². The van der Waals surface area contributed by atoms with E-state index in [-0.39, 0.29) is 5.92 Å². The topological polar surface area (TPSA) is 49.3 Å². The molecule has 1 aromatic carbocycles. The number of hydrogen-bond donors (Lipinski definition) is 2. The largest absolute Gasteiger partial charge is 0.480 e. The van der Waals surface area contributed by atoms with Crippen molar-refractivity contribution in [1.82, 2.24) is 0 Å². The second kappa shape index (κ2) is 5.65. The number of thioether (sulfide) groups is 1. The van der Waals surface area contributed by atoms with Crippen LogP contribution in [-0.2, 0) is 4.79 Å². The van der Waals surface area contributed by atoms with Crippen molar-refractivity contribution in [3.8, 4) is 0 Å². The number of carboxylic acid groups (broad SMARTS) is 1. The number of carboxylic acids is 1. The zero-order chi connectivity index (χ0) is 12.3. The first kappa shape index (κ1) is 12.6. The van der Waals surface area contributed by atoms with E-state index in [0.29, 0.717) is 5.02 Å². The molecule has 0 aliphatic carbocycles. The van der Waals surface area contributed by atoms with Gasteiger partial charge in [-0.1, -0.05) is 17.7 Å². The molecule has 1 fully saturated rings. The lowest BCUT2D eigenvalue weighted by Gasteiger charge is -2.21. The first-order valence-corrected chi connectivity index (χ1v) is 7.03. The first-order chi connectivity index (χ1) is 8.16. The molecule has 2 atom stereocenters. The molecule has 0 amide bonds. The number of anilines is 1. The molecule has 1 aliphatic rings. The van der Waals surface area contributed by atoms with E-state index in [0.717, 1.165) is 23.6 Å². The van der Waals surface area contributed by atoms with Crippen molar-refractivity contribution in [2.75, 3.05) is 16.8 Å². The van der Waals surface area contributed by atoms with Crippen LogP contribution in [0.1, 0.15) is 6.42 Å². The molecular weight excluding hydrogens is 258 g/mol.